The smallest absolute Gasteiger partial charge is 0.120 e. The second-order valence-corrected chi connectivity index (χ2v) is 5.13. The summed E-state index contributed by atoms with van der Waals surface area (Å²) in [6.07, 6.45) is 1.21. The summed E-state index contributed by atoms with van der Waals surface area (Å²) < 4.78 is 0. The Morgan fingerprint density at radius 1 is 1.25 bits per heavy atom. The lowest BCUT2D eigenvalue weighted by Crippen LogP contribution is -2.11. The molecule has 1 atom stereocenters. The zero-order valence-electron chi connectivity index (χ0n) is 10.2. The summed E-state index contributed by atoms with van der Waals surface area (Å²) in [7, 11) is 0. The van der Waals surface area contributed by atoms with Gasteiger partial charge >= 0.3 is 0 Å². The Balaban J connectivity index is 2.74. The predicted octanol–water partition coefficient (Wildman–Crippen LogP) is 3.00. The van der Waals surface area contributed by atoms with Crippen LogP contribution in [0.1, 0.15) is 50.8 Å². The minimum Gasteiger partial charge on any atom is -0.388 e. The first kappa shape index (κ1) is 12.9. The molecule has 16 heavy (non-hydrogen) atoms. The number of aliphatic hydroxyl groups excluding tert-OH is 1. The van der Waals surface area contributed by atoms with Crippen molar-refractivity contribution in [2.24, 2.45) is 0 Å². The van der Waals surface area contributed by atoms with Crippen molar-refractivity contribution >= 4 is 6.29 Å². The zero-order valence-corrected chi connectivity index (χ0v) is 10.2. The minimum absolute atomic E-state index is 0.131. The molecule has 0 unspecified atom stereocenters. The van der Waals surface area contributed by atoms with Crippen LogP contribution >= 0.6 is 0 Å². The highest BCUT2D eigenvalue weighted by Crippen LogP contribution is 2.25. The lowest BCUT2D eigenvalue weighted by molar-refractivity contribution is -0.108. The minimum atomic E-state index is -0.529. The third kappa shape index (κ3) is 3.46. The van der Waals surface area contributed by atoms with Gasteiger partial charge in [0, 0.05) is 6.42 Å². The fraction of sp³-hybridized carbons (Fsp3) is 0.500. The summed E-state index contributed by atoms with van der Waals surface area (Å²) in [6, 6.07) is 7.96. The maximum atomic E-state index is 10.2. The molecule has 0 spiro atoms. The van der Waals surface area contributed by atoms with E-state index in [0.29, 0.717) is 12.8 Å². The first-order chi connectivity index (χ1) is 7.45. The summed E-state index contributed by atoms with van der Waals surface area (Å²) in [5.41, 5.74) is 2.26. The summed E-state index contributed by atoms with van der Waals surface area (Å²) in [6.45, 7) is 6.47. The van der Waals surface area contributed by atoms with Gasteiger partial charge in [-0.25, -0.2) is 0 Å². The molecule has 0 bridgehead atoms. The number of hydrogen-bond donors (Lipinski definition) is 1. The molecule has 0 saturated heterocycles. The molecular weight excluding hydrogens is 200 g/mol. The van der Waals surface area contributed by atoms with Crippen LogP contribution in [-0.2, 0) is 10.2 Å². The quantitative estimate of drug-likeness (QED) is 0.792. The van der Waals surface area contributed by atoms with E-state index < -0.39 is 6.10 Å². The summed E-state index contributed by atoms with van der Waals surface area (Å²) in [5, 5.41) is 9.79. The molecule has 0 aliphatic heterocycles. The Morgan fingerprint density at radius 3 is 2.25 bits per heavy atom. The SMILES string of the molecule is CC(C)(C)c1ccc([C@@H](O)CCC=O)cc1. The highest BCUT2D eigenvalue weighted by molar-refractivity contribution is 5.49. The first-order valence-electron chi connectivity index (χ1n) is 5.67. The van der Waals surface area contributed by atoms with Gasteiger partial charge in [0.15, 0.2) is 0 Å². The second-order valence-electron chi connectivity index (χ2n) is 5.13. The van der Waals surface area contributed by atoms with Gasteiger partial charge in [0.25, 0.3) is 0 Å². The van der Waals surface area contributed by atoms with Gasteiger partial charge in [0.2, 0.25) is 0 Å². The molecule has 1 aromatic carbocycles. The van der Waals surface area contributed by atoms with Gasteiger partial charge in [0.1, 0.15) is 6.29 Å². The fourth-order valence-corrected chi connectivity index (χ4v) is 1.60. The van der Waals surface area contributed by atoms with Crippen LogP contribution in [0.4, 0.5) is 0 Å². The predicted molar refractivity (Wildman–Crippen MR) is 65.4 cm³/mol. The molecule has 0 saturated carbocycles. The third-order valence-electron chi connectivity index (χ3n) is 2.72. The zero-order chi connectivity index (χ0) is 12.2. The molecule has 2 nitrogen and oxygen atoms in total. The van der Waals surface area contributed by atoms with E-state index in [4.69, 9.17) is 0 Å². The molecule has 0 amide bonds. The molecule has 0 fully saturated rings. The van der Waals surface area contributed by atoms with Crippen molar-refractivity contribution in [2.45, 2.75) is 45.1 Å². The molecule has 1 N–H and O–H groups in total. The van der Waals surface area contributed by atoms with Crippen molar-refractivity contribution in [3.63, 3.8) is 0 Å². The Hall–Kier alpha value is -1.15. The van der Waals surface area contributed by atoms with Crippen molar-refractivity contribution in [2.75, 3.05) is 0 Å². The average molecular weight is 220 g/mol. The molecule has 2 heteroatoms. The first-order valence-corrected chi connectivity index (χ1v) is 5.67. The summed E-state index contributed by atoms with van der Waals surface area (Å²) >= 11 is 0. The van der Waals surface area contributed by atoms with Crippen molar-refractivity contribution in [3.05, 3.63) is 35.4 Å². The molecule has 1 rings (SSSR count). The Morgan fingerprint density at radius 2 is 1.81 bits per heavy atom. The number of aldehydes is 1. The molecule has 0 aromatic heterocycles. The van der Waals surface area contributed by atoms with E-state index in [1.807, 2.05) is 24.3 Å². The normalized spacial score (nSPS) is 13.5. The topological polar surface area (TPSA) is 37.3 Å². The molecule has 0 heterocycles. The second kappa shape index (κ2) is 5.26. The lowest BCUT2D eigenvalue weighted by Gasteiger charge is -2.20. The summed E-state index contributed by atoms with van der Waals surface area (Å²) in [4.78, 5) is 10.2. The van der Waals surface area contributed by atoms with Crippen LogP contribution in [0, 0.1) is 0 Å². The standard InChI is InChI=1S/C14H20O2/c1-14(2,3)12-8-6-11(7-9-12)13(16)5-4-10-15/h6-10,13,16H,4-5H2,1-3H3/t13-/m0/s1. The van der Waals surface area contributed by atoms with Crippen LogP contribution in [0.2, 0.25) is 0 Å². The van der Waals surface area contributed by atoms with Gasteiger partial charge in [-0.05, 0) is 23.0 Å². The van der Waals surface area contributed by atoms with Crippen LogP contribution < -0.4 is 0 Å². The molecule has 88 valence electrons. The lowest BCUT2D eigenvalue weighted by atomic mass is 9.86. The van der Waals surface area contributed by atoms with E-state index in [0.717, 1.165) is 11.8 Å². The number of carbonyl (C=O) groups excluding carboxylic acids is 1. The van der Waals surface area contributed by atoms with E-state index >= 15 is 0 Å². The molecule has 0 aliphatic carbocycles. The number of rotatable bonds is 4. The highest BCUT2D eigenvalue weighted by atomic mass is 16.3. The van der Waals surface area contributed by atoms with Crippen LogP contribution in [0.25, 0.3) is 0 Å². The maximum absolute atomic E-state index is 10.2. The Kier molecular flexibility index (Phi) is 4.25. The van der Waals surface area contributed by atoms with Crippen molar-refractivity contribution < 1.29 is 9.90 Å². The van der Waals surface area contributed by atoms with Gasteiger partial charge in [0.05, 0.1) is 6.10 Å². The van der Waals surface area contributed by atoms with Gasteiger partial charge in [-0.3, -0.25) is 0 Å². The van der Waals surface area contributed by atoms with Gasteiger partial charge < -0.3 is 9.90 Å². The summed E-state index contributed by atoms with van der Waals surface area (Å²) in [5.74, 6) is 0. The molecule has 0 radical (unpaired) electrons. The molecule has 1 aromatic rings. The number of benzene rings is 1. The van der Waals surface area contributed by atoms with E-state index in [9.17, 15) is 9.90 Å². The van der Waals surface area contributed by atoms with Crippen molar-refractivity contribution in [1.29, 1.82) is 0 Å². The van der Waals surface area contributed by atoms with E-state index in [1.165, 1.54) is 5.56 Å². The Bertz CT molecular complexity index is 333. The highest BCUT2D eigenvalue weighted by Gasteiger charge is 2.14. The largest absolute Gasteiger partial charge is 0.388 e. The molecular formula is C14H20O2. The van der Waals surface area contributed by atoms with Crippen LogP contribution in [0.15, 0.2) is 24.3 Å². The fourth-order valence-electron chi connectivity index (χ4n) is 1.60. The van der Waals surface area contributed by atoms with E-state index in [1.54, 1.807) is 0 Å². The van der Waals surface area contributed by atoms with Crippen molar-refractivity contribution in [3.8, 4) is 0 Å². The van der Waals surface area contributed by atoms with Gasteiger partial charge in [-0.15, -0.1) is 0 Å². The monoisotopic (exact) mass is 220 g/mol. The van der Waals surface area contributed by atoms with E-state index in [-0.39, 0.29) is 5.41 Å². The number of carbonyl (C=O) groups is 1. The third-order valence-corrected chi connectivity index (χ3v) is 2.72. The van der Waals surface area contributed by atoms with Crippen LogP contribution in [-0.4, -0.2) is 11.4 Å². The number of hydrogen-bond acceptors (Lipinski definition) is 2. The Labute approximate surface area is 97.3 Å². The molecule has 0 aliphatic rings. The maximum Gasteiger partial charge on any atom is 0.120 e. The van der Waals surface area contributed by atoms with Gasteiger partial charge in [-0.2, -0.15) is 0 Å². The van der Waals surface area contributed by atoms with E-state index in [2.05, 4.69) is 20.8 Å². The van der Waals surface area contributed by atoms with Crippen molar-refractivity contribution in [1.82, 2.24) is 0 Å². The van der Waals surface area contributed by atoms with Crippen LogP contribution in [0.5, 0.6) is 0 Å². The number of aliphatic hydroxyl groups is 1. The average Bonchev–Trinajstić information content (AvgIpc) is 2.25. The van der Waals surface area contributed by atoms with Gasteiger partial charge in [-0.1, -0.05) is 45.0 Å². The van der Waals surface area contributed by atoms with Crippen LogP contribution in [0.3, 0.4) is 0 Å².